The Kier molecular flexibility index (Phi) is 4.37. The predicted molar refractivity (Wildman–Crippen MR) is 87.4 cm³/mol. The molecule has 0 aliphatic heterocycles. The Morgan fingerprint density at radius 3 is 2.59 bits per heavy atom. The van der Waals surface area contributed by atoms with Gasteiger partial charge in [-0.3, -0.25) is 0 Å². The van der Waals surface area contributed by atoms with Crippen molar-refractivity contribution in [1.29, 1.82) is 0 Å². The molecule has 1 aliphatic carbocycles. The van der Waals surface area contributed by atoms with Gasteiger partial charge in [-0.2, -0.15) is 0 Å². The van der Waals surface area contributed by atoms with Gasteiger partial charge in [0.15, 0.2) is 0 Å². The lowest BCUT2D eigenvalue weighted by Gasteiger charge is -2.46. The Bertz CT molecular complexity index is 579. The van der Waals surface area contributed by atoms with Crippen molar-refractivity contribution in [2.45, 2.75) is 37.3 Å². The molecule has 1 aromatic carbocycles. The molecule has 118 valence electrons. The third-order valence-corrected chi connectivity index (χ3v) is 5.04. The van der Waals surface area contributed by atoms with Crippen molar-refractivity contribution < 1.29 is 9.52 Å². The molecule has 1 N–H and O–H groups in total. The fourth-order valence-electron chi connectivity index (χ4n) is 4.01. The second-order valence-corrected chi connectivity index (χ2v) is 6.61. The predicted octanol–water partition coefficient (Wildman–Crippen LogP) is 3.96. The third kappa shape index (κ3) is 2.71. The van der Waals surface area contributed by atoms with Crippen LogP contribution in [0.3, 0.4) is 0 Å². The normalized spacial score (nSPS) is 27.0. The van der Waals surface area contributed by atoms with Crippen LogP contribution in [0.25, 0.3) is 0 Å². The highest BCUT2D eigenvalue weighted by Gasteiger charge is 2.46. The molecule has 3 heteroatoms. The van der Waals surface area contributed by atoms with Crippen LogP contribution in [-0.4, -0.2) is 24.1 Å². The van der Waals surface area contributed by atoms with E-state index in [2.05, 4.69) is 43.3 Å². The molecule has 3 unspecified atom stereocenters. The zero-order valence-electron chi connectivity index (χ0n) is 13.4. The average Bonchev–Trinajstić information content (AvgIpc) is 3.05. The molecule has 0 bridgehead atoms. The summed E-state index contributed by atoms with van der Waals surface area (Å²) in [5.41, 5.74) is 1.37. The number of furan rings is 1. The van der Waals surface area contributed by atoms with Crippen LogP contribution in [0, 0.1) is 5.92 Å². The van der Waals surface area contributed by atoms with E-state index < -0.39 is 5.60 Å². The highest BCUT2D eigenvalue weighted by Crippen LogP contribution is 2.48. The molecule has 3 nitrogen and oxygen atoms in total. The van der Waals surface area contributed by atoms with Crippen LogP contribution in [0.2, 0.25) is 0 Å². The van der Waals surface area contributed by atoms with E-state index in [1.165, 1.54) is 12.0 Å². The van der Waals surface area contributed by atoms with E-state index in [1.807, 2.05) is 12.1 Å². The minimum Gasteiger partial charge on any atom is -0.472 e. The number of benzene rings is 1. The van der Waals surface area contributed by atoms with Crippen molar-refractivity contribution in [3.63, 3.8) is 0 Å². The summed E-state index contributed by atoms with van der Waals surface area (Å²) in [5.74, 6) is 0.163. The van der Waals surface area contributed by atoms with Crippen molar-refractivity contribution in [3.05, 3.63) is 60.1 Å². The summed E-state index contributed by atoms with van der Waals surface area (Å²) >= 11 is 0. The number of nitrogens with zero attached hydrogens (tertiary/aromatic N) is 1. The fourth-order valence-corrected chi connectivity index (χ4v) is 4.01. The monoisotopic (exact) mass is 299 g/mol. The summed E-state index contributed by atoms with van der Waals surface area (Å²) in [6.07, 6.45) is 7.42. The second-order valence-electron chi connectivity index (χ2n) is 6.61. The molecule has 0 spiro atoms. The third-order valence-electron chi connectivity index (χ3n) is 5.04. The maximum Gasteiger partial charge on any atom is 0.0973 e. The average molecular weight is 299 g/mol. The Morgan fingerprint density at radius 1 is 1.18 bits per heavy atom. The molecule has 1 fully saturated rings. The van der Waals surface area contributed by atoms with Gasteiger partial charge in [0.05, 0.1) is 18.1 Å². The Balaban J connectivity index is 2.01. The molecule has 1 aromatic heterocycles. The number of aliphatic hydroxyl groups is 1. The van der Waals surface area contributed by atoms with Crippen LogP contribution in [0.1, 0.15) is 42.9 Å². The van der Waals surface area contributed by atoms with Gasteiger partial charge in [0.2, 0.25) is 0 Å². The summed E-state index contributed by atoms with van der Waals surface area (Å²) in [6, 6.07) is 12.6. The number of hydrogen-bond donors (Lipinski definition) is 1. The van der Waals surface area contributed by atoms with Crippen LogP contribution in [0.5, 0.6) is 0 Å². The quantitative estimate of drug-likeness (QED) is 0.928. The number of rotatable bonds is 4. The maximum absolute atomic E-state index is 11.5. The van der Waals surface area contributed by atoms with Gasteiger partial charge in [0.1, 0.15) is 0 Å². The van der Waals surface area contributed by atoms with E-state index in [-0.39, 0.29) is 12.0 Å². The van der Waals surface area contributed by atoms with Gasteiger partial charge in [-0.1, -0.05) is 43.2 Å². The van der Waals surface area contributed by atoms with Crippen LogP contribution in [0.15, 0.2) is 53.3 Å². The van der Waals surface area contributed by atoms with Gasteiger partial charge >= 0.3 is 0 Å². The van der Waals surface area contributed by atoms with E-state index >= 15 is 0 Å². The molecule has 3 rings (SSSR count). The largest absolute Gasteiger partial charge is 0.472 e. The fraction of sp³-hybridized carbons (Fsp3) is 0.474. The summed E-state index contributed by atoms with van der Waals surface area (Å²) in [6.45, 7) is 0. The lowest BCUT2D eigenvalue weighted by Crippen LogP contribution is -2.44. The van der Waals surface area contributed by atoms with E-state index in [4.69, 9.17) is 4.42 Å². The van der Waals surface area contributed by atoms with Gasteiger partial charge in [-0.05, 0) is 38.6 Å². The van der Waals surface area contributed by atoms with Crippen molar-refractivity contribution in [2.24, 2.45) is 5.92 Å². The Labute approximate surface area is 132 Å². The molecule has 1 saturated carbocycles. The topological polar surface area (TPSA) is 36.6 Å². The van der Waals surface area contributed by atoms with E-state index in [1.54, 1.807) is 12.5 Å². The molecule has 0 radical (unpaired) electrons. The molecular weight excluding hydrogens is 274 g/mol. The minimum absolute atomic E-state index is 0.163. The first-order valence-corrected chi connectivity index (χ1v) is 8.09. The van der Waals surface area contributed by atoms with Gasteiger partial charge in [-0.15, -0.1) is 0 Å². The molecule has 2 aromatic rings. The van der Waals surface area contributed by atoms with Crippen LogP contribution < -0.4 is 0 Å². The van der Waals surface area contributed by atoms with Crippen molar-refractivity contribution in [2.75, 3.05) is 14.1 Å². The van der Waals surface area contributed by atoms with Crippen LogP contribution >= 0.6 is 0 Å². The van der Waals surface area contributed by atoms with Crippen LogP contribution in [0.4, 0.5) is 0 Å². The molecule has 3 atom stereocenters. The standard InChI is InChI=1S/C19H25NO2/c1-20(2)18(15-8-4-3-5-9-15)17-10-6-7-12-19(17,21)16-11-13-22-14-16/h3-5,8-9,11,13-14,17-18,21H,6-7,10,12H2,1-2H3. The maximum atomic E-state index is 11.5. The van der Waals surface area contributed by atoms with E-state index in [0.29, 0.717) is 0 Å². The van der Waals surface area contributed by atoms with Gasteiger partial charge in [0.25, 0.3) is 0 Å². The Hall–Kier alpha value is -1.58. The minimum atomic E-state index is -0.809. The van der Waals surface area contributed by atoms with Gasteiger partial charge < -0.3 is 14.4 Å². The summed E-state index contributed by atoms with van der Waals surface area (Å²) in [7, 11) is 4.20. The summed E-state index contributed by atoms with van der Waals surface area (Å²) in [5, 5.41) is 11.5. The first-order chi connectivity index (χ1) is 10.6. The molecular formula is C19H25NO2. The molecule has 0 saturated heterocycles. The zero-order chi connectivity index (χ0) is 15.6. The van der Waals surface area contributed by atoms with Crippen molar-refractivity contribution in [1.82, 2.24) is 4.90 Å². The summed E-state index contributed by atoms with van der Waals surface area (Å²) < 4.78 is 5.25. The smallest absolute Gasteiger partial charge is 0.0973 e. The van der Waals surface area contributed by atoms with E-state index in [9.17, 15) is 5.11 Å². The first-order valence-electron chi connectivity index (χ1n) is 8.09. The van der Waals surface area contributed by atoms with Gasteiger partial charge in [-0.25, -0.2) is 0 Å². The lowest BCUT2D eigenvalue weighted by atomic mass is 9.67. The van der Waals surface area contributed by atoms with Crippen molar-refractivity contribution in [3.8, 4) is 0 Å². The SMILES string of the molecule is CN(C)C(c1ccccc1)C1CCCCC1(O)c1ccoc1. The summed E-state index contributed by atoms with van der Waals surface area (Å²) in [4.78, 5) is 2.23. The molecule has 1 heterocycles. The number of hydrogen-bond acceptors (Lipinski definition) is 3. The second kappa shape index (κ2) is 6.27. The van der Waals surface area contributed by atoms with Crippen molar-refractivity contribution >= 4 is 0 Å². The molecule has 1 aliphatic rings. The lowest BCUT2D eigenvalue weighted by molar-refractivity contribution is -0.0841. The Morgan fingerprint density at radius 2 is 1.95 bits per heavy atom. The zero-order valence-corrected chi connectivity index (χ0v) is 13.4. The molecule has 22 heavy (non-hydrogen) atoms. The van der Waals surface area contributed by atoms with E-state index in [0.717, 1.165) is 24.8 Å². The highest BCUT2D eigenvalue weighted by molar-refractivity contribution is 5.25. The first kappa shape index (κ1) is 15.3. The highest BCUT2D eigenvalue weighted by atomic mass is 16.3. The molecule has 0 amide bonds. The van der Waals surface area contributed by atoms with Crippen LogP contribution in [-0.2, 0) is 5.60 Å². The van der Waals surface area contributed by atoms with Gasteiger partial charge in [0, 0.05) is 17.5 Å².